The lowest BCUT2D eigenvalue weighted by Gasteiger charge is -2.06. The minimum Gasteiger partial charge on any atom is -0.375 e. The van der Waals surface area contributed by atoms with Crippen molar-refractivity contribution in [2.75, 3.05) is 5.32 Å². The normalized spacial score (nSPS) is 9.88. The lowest BCUT2D eigenvalue weighted by Crippen LogP contribution is -2.02. The van der Waals surface area contributed by atoms with Crippen LogP contribution >= 0.6 is 0 Å². The number of aromatic nitrogens is 1. The van der Waals surface area contributed by atoms with Gasteiger partial charge in [0.1, 0.15) is 5.69 Å². The molecule has 2 aromatic rings. The fraction of sp³-hybridized carbons (Fsp3) is 0.0833. The van der Waals surface area contributed by atoms with Crippen LogP contribution in [0.25, 0.3) is 0 Å². The number of nitrogens with one attached hydrogen (secondary N) is 1. The van der Waals surface area contributed by atoms with Gasteiger partial charge < -0.3 is 5.32 Å². The molecule has 0 unspecified atom stereocenters. The van der Waals surface area contributed by atoms with Crippen molar-refractivity contribution < 1.29 is 4.92 Å². The lowest BCUT2D eigenvalue weighted by atomic mass is 10.2. The van der Waals surface area contributed by atoms with E-state index < -0.39 is 4.92 Å². The lowest BCUT2D eigenvalue weighted by molar-refractivity contribution is -0.384. The van der Waals surface area contributed by atoms with Gasteiger partial charge in [-0.25, -0.2) is 0 Å². The Kier molecular flexibility index (Phi) is 3.30. The zero-order valence-electron chi connectivity index (χ0n) is 9.04. The first-order chi connectivity index (χ1) is 8.27. The number of para-hydroxylation sites is 2. The van der Waals surface area contributed by atoms with Crippen LogP contribution in [0.2, 0.25) is 0 Å². The summed E-state index contributed by atoms with van der Waals surface area (Å²) in [5.41, 5.74) is 1.63. The summed E-state index contributed by atoms with van der Waals surface area (Å²) in [7, 11) is 0. The van der Waals surface area contributed by atoms with Crippen molar-refractivity contribution in [2.45, 2.75) is 6.54 Å². The SMILES string of the molecule is O=[N+]([O-])c1ccccc1NCc1ccncc1. The topological polar surface area (TPSA) is 68.1 Å². The van der Waals surface area contributed by atoms with E-state index in [1.165, 1.54) is 6.07 Å². The summed E-state index contributed by atoms with van der Waals surface area (Å²) in [5.74, 6) is 0. The highest BCUT2D eigenvalue weighted by molar-refractivity contribution is 5.61. The molecule has 0 aliphatic heterocycles. The molecule has 86 valence electrons. The molecule has 1 N–H and O–H groups in total. The highest BCUT2D eigenvalue weighted by Gasteiger charge is 2.11. The minimum absolute atomic E-state index is 0.0848. The number of nitro benzene ring substituents is 1. The molecule has 0 fully saturated rings. The predicted octanol–water partition coefficient (Wildman–Crippen LogP) is 2.60. The van der Waals surface area contributed by atoms with Crippen molar-refractivity contribution in [3.63, 3.8) is 0 Å². The van der Waals surface area contributed by atoms with Crippen molar-refractivity contribution in [1.29, 1.82) is 0 Å². The highest BCUT2D eigenvalue weighted by atomic mass is 16.6. The highest BCUT2D eigenvalue weighted by Crippen LogP contribution is 2.23. The van der Waals surface area contributed by atoms with Gasteiger partial charge in [-0.1, -0.05) is 12.1 Å². The average molecular weight is 229 g/mol. The van der Waals surface area contributed by atoms with Gasteiger partial charge in [-0.15, -0.1) is 0 Å². The Labute approximate surface area is 98.3 Å². The molecular formula is C12H11N3O2. The molecule has 0 atom stereocenters. The molecule has 5 nitrogen and oxygen atoms in total. The number of hydrogen-bond acceptors (Lipinski definition) is 4. The molecule has 1 aromatic carbocycles. The van der Waals surface area contributed by atoms with E-state index in [9.17, 15) is 10.1 Å². The van der Waals surface area contributed by atoms with Crippen LogP contribution in [-0.2, 0) is 6.54 Å². The van der Waals surface area contributed by atoms with E-state index in [4.69, 9.17) is 0 Å². The maximum Gasteiger partial charge on any atom is 0.292 e. The summed E-state index contributed by atoms with van der Waals surface area (Å²) in [4.78, 5) is 14.3. The van der Waals surface area contributed by atoms with Crippen molar-refractivity contribution in [3.8, 4) is 0 Å². The predicted molar refractivity (Wildman–Crippen MR) is 64.7 cm³/mol. The zero-order valence-corrected chi connectivity index (χ0v) is 9.04. The van der Waals surface area contributed by atoms with Crippen LogP contribution in [0.1, 0.15) is 5.56 Å². The molecule has 1 aromatic heterocycles. The van der Waals surface area contributed by atoms with Crippen LogP contribution in [0.3, 0.4) is 0 Å². The molecule has 0 aliphatic rings. The van der Waals surface area contributed by atoms with Gasteiger partial charge >= 0.3 is 0 Å². The van der Waals surface area contributed by atoms with Gasteiger partial charge in [0.2, 0.25) is 0 Å². The Hall–Kier alpha value is -2.43. The van der Waals surface area contributed by atoms with E-state index in [2.05, 4.69) is 10.3 Å². The first-order valence-corrected chi connectivity index (χ1v) is 5.13. The molecule has 0 saturated carbocycles. The van der Waals surface area contributed by atoms with Gasteiger partial charge in [0.25, 0.3) is 5.69 Å². The van der Waals surface area contributed by atoms with Gasteiger partial charge in [0.15, 0.2) is 0 Å². The van der Waals surface area contributed by atoms with Crippen molar-refractivity contribution in [1.82, 2.24) is 4.98 Å². The largest absolute Gasteiger partial charge is 0.375 e. The van der Waals surface area contributed by atoms with Gasteiger partial charge in [0.05, 0.1) is 4.92 Å². The third kappa shape index (κ3) is 2.78. The van der Waals surface area contributed by atoms with Crippen molar-refractivity contribution in [2.24, 2.45) is 0 Å². The maximum absolute atomic E-state index is 10.8. The number of nitrogens with zero attached hydrogens (tertiary/aromatic N) is 2. The number of anilines is 1. The Morgan fingerprint density at radius 2 is 1.88 bits per heavy atom. The Morgan fingerprint density at radius 3 is 2.59 bits per heavy atom. The van der Waals surface area contributed by atoms with Crippen molar-refractivity contribution >= 4 is 11.4 Å². The maximum atomic E-state index is 10.8. The minimum atomic E-state index is -0.394. The summed E-state index contributed by atoms with van der Waals surface area (Å²) in [6.07, 6.45) is 3.38. The molecular weight excluding hydrogens is 218 g/mol. The molecule has 0 spiro atoms. The first kappa shape index (κ1) is 11.1. The van der Waals surface area contributed by atoms with Crippen LogP contribution in [0.4, 0.5) is 11.4 Å². The zero-order chi connectivity index (χ0) is 12.1. The van der Waals surface area contributed by atoms with Crippen LogP contribution in [-0.4, -0.2) is 9.91 Å². The fourth-order valence-corrected chi connectivity index (χ4v) is 1.48. The third-order valence-corrected chi connectivity index (χ3v) is 2.33. The number of benzene rings is 1. The Balaban J connectivity index is 2.12. The van der Waals surface area contributed by atoms with Gasteiger partial charge in [-0.2, -0.15) is 0 Å². The molecule has 0 amide bonds. The van der Waals surface area contributed by atoms with Crippen LogP contribution in [0.5, 0.6) is 0 Å². The summed E-state index contributed by atoms with van der Waals surface area (Å²) < 4.78 is 0. The first-order valence-electron chi connectivity index (χ1n) is 5.13. The second-order valence-corrected chi connectivity index (χ2v) is 3.48. The molecule has 2 rings (SSSR count). The second-order valence-electron chi connectivity index (χ2n) is 3.48. The third-order valence-electron chi connectivity index (χ3n) is 2.33. The number of nitro groups is 1. The summed E-state index contributed by atoms with van der Waals surface area (Å²) >= 11 is 0. The number of pyridine rings is 1. The van der Waals surface area contributed by atoms with Gasteiger partial charge in [-0.3, -0.25) is 15.1 Å². The number of rotatable bonds is 4. The molecule has 0 radical (unpaired) electrons. The Morgan fingerprint density at radius 1 is 1.18 bits per heavy atom. The Bertz CT molecular complexity index is 514. The fourth-order valence-electron chi connectivity index (χ4n) is 1.48. The molecule has 0 bridgehead atoms. The van der Waals surface area contributed by atoms with Crippen LogP contribution < -0.4 is 5.32 Å². The molecule has 17 heavy (non-hydrogen) atoms. The smallest absolute Gasteiger partial charge is 0.292 e. The van der Waals surface area contributed by atoms with E-state index in [1.54, 1.807) is 30.6 Å². The van der Waals surface area contributed by atoms with Gasteiger partial charge in [0, 0.05) is 25.0 Å². The van der Waals surface area contributed by atoms with Gasteiger partial charge in [-0.05, 0) is 23.8 Å². The monoisotopic (exact) mass is 229 g/mol. The molecule has 5 heteroatoms. The van der Waals surface area contributed by atoms with E-state index >= 15 is 0 Å². The quantitative estimate of drug-likeness (QED) is 0.646. The van der Waals surface area contributed by atoms with E-state index in [0.717, 1.165) is 5.56 Å². The van der Waals surface area contributed by atoms with Crippen LogP contribution in [0.15, 0.2) is 48.8 Å². The summed E-state index contributed by atoms with van der Waals surface area (Å²) in [6.45, 7) is 0.535. The van der Waals surface area contributed by atoms with E-state index in [-0.39, 0.29) is 5.69 Å². The molecule has 0 aliphatic carbocycles. The molecule has 1 heterocycles. The van der Waals surface area contributed by atoms with E-state index in [0.29, 0.717) is 12.2 Å². The van der Waals surface area contributed by atoms with Crippen molar-refractivity contribution in [3.05, 3.63) is 64.5 Å². The molecule has 0 saturated heterocycles. The number of hydrogen-bond donors (Lipinski definition) is 1. The average Bonchev–Trinajstić information content (AvgIpc) is 2.38. The standard InChI is InChI=1S/C12H11N3O2/c16-15(17)12-4-2-1-3-11(12)14-9-10-5-7-13-8-6-10/h1-8,14H,9H2. The second kappa shape index (κ2) is 5.07. The van der Waals surface area contributed by atoms with E-state index in [1.807, 2.05) is 12.1 Å². The summed E-state index contributed by atoms with van der Waals surface area (Å²) in [5, 5.41) is 13.8. The van der Waals surface area contributed by atoms with Crippen LogP contribution in [0, 0.1) is 10.1 Å². The summed E-state index contributed by atoms with van der Waals surface area (Å²) in [6, 6.07) is 10.3.